The first-order valence-electron chi connectivity index (χ1n) is 24.7. The van der Waals surface area contributed by atoms with Crippen molar-refractivity contribution in [2.45, 2.75) is 56.0 Å². The fraction of sp³-hybridized carbons (Fsp3) is 0.150. The molecule has 0 saturated heterocycles. The average Bonchev–Trinajstić information content (AvgIpc) is 1.15. The highest BCUT2D eigenvalue weighted by Crippen LogP contribution is 2.43. The van der Waals surface area contributed by atoms with Gasteiger partial charge in [0.1, 0.15) is 6.15 Å². The highest BCUT2D eigenvalue weighted by atomic mass is 19.4. The fourth-order valence-corrected chi connectivity index (χ4v) is 10.7. The van der Waals surface area contributed by atoms with Crippen LogP contribution in [0.25, 0.3) is 43.6 Å². The minimum Gasteiger partial charge on any atom is -0.194 e. The first-order valence-corrected chi connectivity index (χ1v) is 24.7. The van der Waals surface area contributed by atoms with Gasteiger partial charge in [0.05, 0.1) is 50.1 Å². The van der Waals surface area contributed by atoms with E-state index in [0.29, 0.717) is 0 Å². The monoisotopic (exact) mass is 1230 g/mol. The van der Waals surface area contributed by atoms with Gasteiger partial charge >= 0.3 is 49.4 Å². The van der Waals surface area contributed by atoms with Gasteiger partial charge in [-0.05, 0) is 68.7 Å². The Bertz CT molecular complexity index is 3690. The number of benzene rings is 9. The summed E-state index contributed by atoms with van der Waals surface area (Å²) in [5.41, 5.74) is -26.4. The molecule has 9 aromatic carbocycles. The second-order valence-corrected chi connectivity index (χ2v) is 19.9. The molecule has 0 aliphatic heterocycles. The second-order valence-electron chi connectivity index (χ2n) is 19.9. The summed E-state index contributed by atoms with van der Waals surface area (Å²) in [6.07, 6.45) is -52.6. The van der Waals surface area contributed by atoms with Crippen molar-refractivity contribution in [3.8, 4) is 11.3 Å². The third-order valence-corrected chi connectivity index (χ3v) is 14.4. The zero-order valence-electron chi connectivity index (χ0n) is 42.6. The van der Waals surface area contributed by atoms with Crippen LogP contribution in [0.15, 0.2) is 182 Å². The molecular weight excluding hydrogens is 1200 g/mol. The summed E-state index contributed by atoms with van der Waals surface area (Å²) in [6, 6.07) is 28.5. The highest BCUT2D eigenvalue weighted by molar-refractivity contribution is 7.20. The van der Waals surface area contributed by atoms with E-state index in [2.05, 4.69) is 114 Å². The van der Waals surface area contributed by atoms with Gasteiger partial charge in [-0.2, -0.15) is 132 Å². The SMILES string of the molecule is FC(F)(F)c1cc([B-](c2cc(C(F)(F)F)cc(C(F)(F)F)c2)(c2cc(C(F)(F)F)cc(C(F)(F)F)c2)c2cc(C(F)(F)F)cc(C(F)(F)F)c2)cc(C(F)(F)F)c1.c1ccc(C[n+]2ccccc2-c2ccc3ccc4cccc5ccc2c3c45)cc1. The van der Waals surface area contributed by atoms with Crippen molar-refractivity contribution in [1.82, 2.24) is 0 Å². The lowest BCUT2D eigenvalue weighted by atomic mass is 9.12. The smallest absolute Gasteiger partial charge is 0.194 e. The fourth-order valence-electron chi connectivity index (χ4n) is 10.7. The Morgan fingerprint density at radius 2 is 0.581 bits per heavy atom. The Balaban J connectivity index is 0.000000251. The summed E-state index contributed by atoms with van der Waals surface area (Å²) in [5.74, 6) is 0. The molecule has 10 aromatic rings. The normalized spacial score (nSPS) is 13.4. The highest BCUT2D eigenvalue weighted by Gasteiger charge is 2.47. The van der Waals surface area contributed by atoms with Gasteiger partial charge in [0.2, 0.25) is 5.69 Å². The third kappa shape index (κ3) is 12.5. The van der Waals surface area contributed by atoms with E-state index < -0.39 is 195 Å². The van der Waals surface area contributed by atoms with Crippen LogP contribution in [-0.2, 0) is 56.0 Å². The lowest BCUT2D eigenvalue weighted by Crippen LogP contribution is -2.75. The van der Waals surface area contributed by atoms with Gasteiger partial charge in [-0.3, -0.25) is 0 Å². The van der Waals surface area contributed by atoms with Gasteiger partial charge in [-0.15, -0.1) is 0 Å². The van der Waals surface area contributed by atoms with E-state index in [1.165, 1.54) is 49.1 Å². The number of pyridine rings is 1. The summed E-state index contributed by atoms with van der Waals surface area (Å²) in [7, 11) is 0. The molecule has 1 heterocycles. The molecule has 0 radical (unpaired) electrons. The van der Waals surface area contributed by atoms with E-state index in [1.807, 2.05) is 0 Å². The zero-order chi connectivity index (χ0) is 63.1. The largest absolute Gasteiger partial charge is 0.416 e. The average molecular weight is 1230 g/mol. The van der Waals surface area contributed by atoms with E-state index in [0.717, 1.165) is 6.54 Å². The Labute approximate surface area is 468 Å². The van der Waals surface area contributed by atoms with Crippen LogP contribution in [0.5, 0.6) is 0 Å². The lowest BCUT2D eigenvalue weighted by Gasteiger charge is -2.46. The standard InChI is InChI=1S/C32H12BF24.C28H20N/c34-25(35,36)13-1-14(26(37,38)39)6-21(5-13)33(22-7-15(27(40,41)42)2-16(8-22)28(43,44)45,23-9-17(29(46,47)48)3-18(10-23)30(49,50)51)24-11-19(31(52,53)54)4-20(12-24)32(55,56)57;1-2-7-20(8-3-1)19-29-18-5-4-11-26(29)24-16-14-23-13-12-21-9-6-10-22-15-17-25(24)28(23)27(21)22/h1-12H;1-18H,19H2/q-1;+1. The molecule has 0 aliphatic rings. The third-order valence-electron chi connectivity index (χ3n) is 14.4. The first-order chi connectivity index (χ1) is 39.6. The molecular formula is C60H32BF24N. The molecule has 0 N–H and O–H groups in total. The number of rotatable bonds is 7. The van der Waals surface area contributed by atoms with Crippen LogP contribution in [0.1, 0.15) is 50.1 Å². The van der Waals surface area contributed by atoms with Crippen LogP contribution in [0.3, 0.4) is 0 Å². The van der Waals surface area contributed by atoms with Gasteiger partial charge < -0.3 is 0 Å². The quantitative estimate of drug-likeness (QED) is 0.0648. The van der Waals surface area contributed by atoms with Crippen LogP contribution < -0.4 is 26.4 Å². The molecule has 0 saturated carbocycles. The maximum atomic E-state index is 14.2. The van der Waals surface area contributed by atoms with Gasteiger partial charge in [0, 0.05) is 17.7 Å². The molecule has 1 aromatic heterocycles. The maximum Gasteiger partial charge on any atom is 0.416 e. The molecule has 86 heavy (non-hydrogen) atoms. The minimum atomic E-state index is -6.13. The van der Waals surface area contributed by atoms with Gasteiger partial charge in [-0.1, -0.05) is 127 Å². The van der Waals surface area contributed by atoms with E-state index >= 15 is 0 Å². The molecule has 0 bridgehead atoms. The summed E-state index contributed by atoms with van der Waals surface area (Å²) in [5, 5.41) is 7.98. The molecule has 0 atom stereocenters. The Morgan fingerprint density at radius 1 is 0.279 bits per heavy atom. The Hall–Kier alpha value is -8.45. The van der Waals surface area contributed by atoms with Crippen molar-refractivity contribution in [3.05, 3.63) is 232 Å². The maximum absolute atomic E-state index is 14.2. The molecule has 0 spiro atoms. The number of hydrogen-bond donors (Lipinski definition) is 0. The van der Waals surface area contributed by atoms with Crippen LogP contribution in [0.4, 0.5) is 105 Å². The predicted octanol–water partition coefficient (Wildman–Crippen LogP) is 17.8. The molecule has 26 heteroatoms. The number of nitrogens with zero attached hydrogens (tertiary/aromatic N) is 1. The lowest BCUT2D eigenvalue weighted by molar-refractivity contribution is -0.677. The van der Waals surface area contributed by atoms with Crippen molar-refractivity contribution in [2.24, 2.45) is 0 Å². The van der Waals surface area contributed by atoms with Gasteiger partial charge in [0.25, 0.3) is 0 Å². The molecule has 10 rings (SSSR count). The van der Waals surface area contributed by atoms with Crippen molar-refractivity contribution < 1.29 is 110 Å². The van der Waals surface area contributed by atoms with Crippen molar-refractivity contribution in [2.75, 3.05) is 0 Å². The topological polar surface area (TPSA) is 3.88 Å². The summed E-state index contributed by atoms with van der Waals surface area (Å²) >= 11 is 0. The van der Waals surface area contributed by atoms with Crippen molar-refractivity contribution >= 4 is 60.3 Å². The van der Waals surface area contributed by atoms with Crippen LogP contribution >= 0.6 is 0 Å². The molecule has 0 aliphatic carbocycles. The number of halogens is 24. The zero-order valence-corrected chi connectivity index (χ0v) is 42.6. The van der Waals surface area contributed by atoms with Gasteiger partial charge in [-0.25, -0.2) is 0 Å². The van der Waals surface area contributed by atoms with E-state index in [9.17, 15) is 105 Å². The van der Waals surface area contributed by atoms with Crippen LogP contribution in [0.2, 0.25) is 0 Å². The molecule has 448 valence electrons. The van der Waals surface area contributed by atoms with Crippen LogP contribution in [-0.4, -0.2) is 6.15 Å². The summed E-state index contributed by atoms with van der Waals surface area (Å²) in [4.78, 5) is 0. The number of hydrogen-bond acceptors (Lipinski definition) is 0. The Morgan fingerprint density at radius 3 is 0.919 bits per heavy atom. The molecule has 0 unspecified atom stereocenters. The van der Waals surface area contributed by atoms with E-state index in [1.54, 1.807) is 0 Å². The molecule has 1 nitrogen and oxygen atoms in total. The number of aromatic nitrogens is 1. The van der Waals surface area contributed by atoms with E-state index in [-0.39, 0.29) is 0 Å². The minimum absolute atomic E-state index is 0.691. The van der Waals surface area contributed by atoms with E-state index in [4.69, 9.17) is 0 Å². The van der Waals surface area contributed by atoms with Crippen molar-refractivity contribution in [1.29, 1.82) is 0 Å². The van der Waals surface area contributed by atoms with Gasteiger partial charge in [0.15, 0.2) is 12.7 Å². The van der Waals surface area contributed by atoms with Crippen LogP contribution in [0, 0.1) is 0 Å². The van der Waals surface area contributed by atoms with Crippen molar-refractivity contribution in [3.63, 3.8) is 0 Å². The summed E-state index contributed by atoms with van der Waals surface area (Å²) in [6.45, 7) is 0.860. The number of alkyl halides is 24. The molecule has 0 amide bonds. The first kappa shape index (κ1) is 62.1. The molecule has 0 fully saturated rings. The predicted molar refractivity (Wildman–Crippen MR) is 271 cm³/mol. The second kappa shape index (κ2) is 21.5. The summed E-state index contributed by atoms with van der Waals surface area (Å²) < 4.78 is 343. The Kier molecular flexibility index (Phi) is 15.5.